The van der Waals surface area contributed by atoms with Gasteiger partial charge in [0.1, 0.15) is 5.82 Å². The van der Waals surface area contributed by atoms with Gasteiger partial charge in [-0.05, 0) is 36.1 Å². The first kappa shape index (κ1) is 21.9. The van der Waals surface area contributed by atoms with E-state index in [1.807, 2.05) is 47.0 Å². The Bertz CT molecular complexity index is 1350. The van der Waals surface area contributed by atoms with E-state index in [-0.39, 0.29) is 11.6 Å². The van der Waals surface area contributed by atoms with E-state index in [1.54, 1.807) is 11.6 Å². The van der Waals surface area contributed by atoms with Gasteiger partial charge in [-0.1, -0.05) is 58.4 Å². The summed E-state index contributed by atoms with van der Waals surface area (Å²) in [5, 5.41) is 0. The zero-order valence-electron chi connectivity index (χ0n) is 18.6. The Morgan fingerprint density at radius 3 is 2.64 bits per heavy atom. The van der Waals surface area contributed by atoms with Crippen molar-refractivity contribution in [2.45, 2.75) is 31.8 Å². The van der Waals surface area contributed by atoms with Crippen LogP contribution in [0.4, 0.5) is 5.95 Å². The SMILES string of the molecule is Cn1c(Cc2cccc(Br)c2)nc2nc(N3CCCC(N)C3)n(Cc3ccccc3)c2c1=O. The van der Waals surface area contributed by atoms with Crippen LogP contribution in [0.3, 0.4) is 0 Å². The molecule has 8 heteroatoms. The van der Waals surface area contributed by atoms with E-state index in [2.05, 4.69) is 33.0 Å². The monoisotopic (exact) mass is 506 g/mol. The van der Waals surface area contributed by atoms with Gasteiger partial charge in [0.2, 0.25) is 5.95 Å². The maximum Gasteiger partial charge on any atom is 0.279 e. The standard InChI is InChI=1S/C25H27BrN6O/c1-30-21(14-18-9-5-10-19(26)13-18)28-23-22(24(30)33)32(15-17-7-3-2-4-8-17)25(29-23)31-12-6-11-20(27)16-31/h2-5,7-10,13,20H,6,11-12,14-16,27H2,1H3. The molecule has 1 unspecified atom stereocenters. The molecule has 5 rings (SSSR count). The Morgan fingerprint density at radius 2 is 1.88 bits per heavy atom. The Morgan fingerprint density at radius 1 is 1.09 bits per heavy atom. The molecule has 0 saturated carbocycles. The molecular formula is C25H27BrN6O. The van der Waals surface area contributed by atoms with Gasteiger partial charge < -0.3 is 10.6 Å². The van der Waals surface area contributed by atoms with Crippen LogP contribution in [0, 0.1) is 0 Å². The molecule has 1 atom stereocenters. The highest BCUT2D eigenvalue weighted by atomic mass is 79.9. The Balaban J connectivity index is 1.64. The summed E-state index contributed by atoms with van der Waals surface area (Å²) in [7, 11) is 1.79. The quantitative estimate of drug-likeness (QED) is 0.448. The molecule has 7 nitrogen and oxygen atoms in total. The number of fused-ring (bicyclic) bond motifs is 1. The molecule has 0 spiro atoms. The van der Waals surface area contributed by atoms with Crippen LogP contribution in [0.2, 0.25) is 0 Å². The second-order valence-electron chi connectivity index (χ2n) is 8.70. The minimum absolute atomic E-state index is 0.0824. The van der Waals surface area contributed by atoms with Crippen molar-refractivity contribution in [3.05, 3.63) is 86.4 Å². The number of nitrogens with two attached hydrogens (primary N) is 1. The number of piperidine rings is 1. The first-order valence-electron chi connectivity index (χ1n) is 11.2. The Hall–Kier alpha value is -2.97. The van der Waals surface area contributed by atoms with Crippen LogP contribution in [0.15, 0.2) is 63.9 Å². The summed E-state index contributed by atoms with van der Waals surface area (Å²) < 4.78 is 4.67. The van der Waals surface area contributed by atoms with Crippen molar-refractivity contribution in [1.29, 1.82) is 0 Å². The van der Waals surface area contributed by atoms with Crippen LogP contribution < -0.4 is 16.2 Å². The van der Waals surface area contributed by atoms with E-state index in [0.29, 0.717) is 30.0 Å². The fraction of sp³-hybridized carbons (Fsp3) is 0.320. The maximum atomic E-state index is 13.6. The first-order chi connectivity index (χ1) is 16.0. The number of hydrogen-bond donors (Lipinski definition) is 1. The minimum Gasteiger partial charge on any atom is -0.341 e. The van der Waals surface area contributed by atoms with E-state index < -0.39 is 0 Å². The number of benzene rings is 2. The van der Waals surface area contributed by atoms with Gasteiger partial charge in [-0.15, -0.1) is 0 Å². The molecule has 170 valence electrons. The van der Waals surface area contributed by atoms with Crippen molar-refractivity contribution in [3.63, 3.8) is 0 Å². The van der Waals surface area contributed by atoms with Crippen LogP contribution in [0.25, 0.3) is 11.2 Å². The predicted octanol–water partition coefficient (Wildman–Crippen LogP) is 3.46. The van der Waals surface area contributed by atoms with Gasteiger partial charge in [0.05, 0.1) is 6.54 Å². The third-order valence-corrected chi connectivity index (χ3v) is 6.73. The number of hydrogen-bond acceptors (Lipinski definition) is 5. The van der Waals surface area contributed by atoms with Gasteiger partial charge in [0, 0.05) is 37.1 Å². The zero-order chi connectivity index (χ0) is 22.9. The summed E-state index contributed by atoms with van der Waals surface area (Å²) in [5.41, 5.74) is 9.41. The summed E-state index contributed by atoms with van der Waals surface area (Å²) in [4.78, 5) is 25.5. The highest BCUT2D eigenvalue weighted by molar-refractivity contribution is 9.10. The smallest absolute Gasteiger partial charge is 0.279 e. The lowest BCUT2D eigenvalue weighted by atomic mass is 10.1. The van der Waals surface area contributed by atoms with Crippen molar-refractivity contribution in [2.24, 2.45) is 12.8 Å². The average molecular weight is 507 g/mol. The molecule has 33 heavy (non-hydrogen) atoms. The number of aromatic nitrogens is 4. The predicted molar refractivity (Wildman–Crippen MR) is 135 cm³/mol. The van der Waals surface area contributed by atoms with Crippen LogP contribution in [-0.2, 0) is 20.0 Å². The molecule has 2 aromatic carbocycles. The Labute approximate surface area is 201 Å². The zero-order valence-corrected chi connectivity index (χ0v) is 20.2. The van der Waals surface area contributed by atoms with E-state index >= 15 is 0 Å². The lowest BCUT2D eigenvalue weighted by molar-refractivity contribution is 0.495. The van der Waals surface area contributed by atoms with E-state index in [9.17, 15) is 4.79 Å². The molecule has 0 aliphatic carbocycles. The highest BCUT2D eigenvalue weighted by Crippen LogP contribution is 2.25. The number of nitrogens with zero attached hydrogens (tertiary/aromatic N) is 5. The third kappa shape index (κ3) is 4.45. The normalized spacial score (nSPS) is 16.5. The van der Waals surface area contributed by atoms with E-state index in [1.165, 1.54) is 0 Å². The number of imidazole rings is 1. The highest BCUT2D eigenvalue weighted by Gasteiger charge is 2.25. The largest absolute Gasteiger partial charge is 0.341 e. The van der Waals surface area contributed by atoms with Crippen molar-refractivity contribution < 1.29 is 0 Å². The lowest BCUT2D eigenvalue weighted by Crippen LogP contribution is -2.44. The van der Waals surface area contributed by atoms with Crippen molar-refractivity contribution >= 4 is 33.0 Å². The van der Waals surface area contributed by atoms with Gasteiger partial charge in [-0.2, -0.15) is 4.98 Å². The van der Waals surface area contributed by atoms with E-state index in [0.717, 1.165) is 47.5 Å². The summed E-state index contributed by atoms with van der Waals surface area (Å²) >= 11 is 3.52. The second-order valence-corrected chi connectivity index (χ2v) is 9.62. The van der Waals surface area contributed by atoms with Gasteiger partial charge in [0.15, 0.2) is 11.2 Å². The Kier molecular flexibility index (Phi) is 6.03. The molecular weight excluding hydrogens is 480 g/mol. The molecule has 2 aromatic heterocycles. The number of rotatable bonds is 5. The number of anilines is 1. The fourth-order valence-electron chi connectivity index (χ4n) is 4.53. The van der Waals surface area contributed by atoms with Crippen molar-refractivity contribution in [1.82, 2.24) is 19.1 Å². The van der Waals surface area contributed by atoms with Gasteiger partial charge >= 0.3 is 0 Å². The van der Waals surface area contributed by atoms with Crippen LogP contribution in [0.1, 0.15) is 29.8 Å². The first-order valence-corrected chi connectivity index (χ1v) is 12.0. The molecule has 1 aliphatic rings. The summed E-state index contributed by atoms with van der Waals surface area (Å²) in [5.74, 6) is 1.46. The van der Waals surface area contributed by atoms with E-state index in [4.69, 9.17) is 15.7 Å². The average Bonchev–Trinajstić information content (AvgIpc) is 3.16. The molecule has 1 aliphatic heterocycles. The van der Waals surface area contributed by atoms with Crippen LogP contribution in [-0.4, -0.2) is 38.2 Å². The van der Waals surface area contributed by atoms with Gasteiger partial charge in [-0.25, -0.2) is 4.98 Å². The van der Waals surface area contributed by atoms with Crippen molar-refractivity contribution in [3.8, 4) is 0 Å². The molecule has 1 fully saturated rings. The lowest BCUT2D eigenvalue weighted by Gasteiger charge is -2.31. The topological polar surface area (TPSA) is 82.0 Å². The molecule has 0 amide bonds. The van der Waals surface area contributed by atoms with Crippen molar-refractivity contribution in [2.75, 3.05) is 18.0 Å². The van der Waals surface area contributed by atoms with Crippen LogP contribution >= 0.6 is 15.9 Å². The summed E-state index contributed by atoms with van der Waals surface area (Å²) in [6.45, 7) is 2.15. The van der Waals surface area contributed by atoms with Crippen LogP contribution in [0.5, 0.6) is 0 Å². The molecule has 0 radical (unpaired) electrons. The molecule has 1 saturated heterocycles. The molecule has 4 aromatic rings. The second kappa shape index (κ2) is 9.11. The van der Waals surface area contributed by atoms with Gasteiger partial charge in [-0.3, -0.25) is 13.9 Å². The third-order valence-electron chi connectivity index (χ3n) is 6.23. The minimum atomic E-state index is -0.0824. The molecule has 2 N–H and O–H groups in total. The fourth-order valence-corrected chi connectivity index (χ4v) is 4.97. The van der Waals surface area contributed by atoms with Gasteiger partial charge in [0.25, 0.3) is 5.56 Å². The summed E-state index contributed by atoms with van der Waals surface area (Å²) in [6, 6.07) is 18.3. The molecule has 0 bridgehead atoms. The molecule has 3 heterocycles. The maximum absolute atomic E-state index is 13.6. The number of halogens is 1. The summed E-state index contributed by atoms with van der Waals surface area (Å²) in [6.07, 6.45) is 2.57.